The van der Waals surface area contributed by atoms with Crippen molar-refractivity contribution in [1.29, 1.82) is 0 Å². The summed E-state index contributed by atoms with van der Waals surface area (Å²) in [5.74, 6) is 1.66. The molecule has 28 heavy (non-hydrogen) atoms. The van der Waals surface area contributed by atoms with E-state index in [0.29, 0.717) is 30.1 Å². The lowest BCUT2D eigenvalue weighted by Crippen LogP contribution is -2.36. The summed E-state index contributed by atoms with van der Waals surface area (Å²) in [7, 11) is 1.67. The van der Waals surface area contributed by atoms with Crippen LogP contribution >= 0.6 is 0 Å². The second-order valence-corrected chi connectivity index (χ2v) is 7.65. The number of ether oxygens (including phenoxy) is 1. The van der Waals surface area contributed by atoms with Crippen LogP contribution < -0.4 is 10.1 Å². The molecule has 0 spiro atoms. The van der Waals surface area contributed by atoms with Crippen LogP contribution in [0.4, 0.5) is 0 Å². The molecule has 0 saturated heterocycles. The first-order valence-corrected chi connectivity index (χ1v) is 9.96. The first kappa shape index (κ1) is 22.0. The zero-order valence-corrected chi connectivity index (χ0v) is 17.9. The Hall–Kier alpha value is -2.34. The first-order chi connectivity index (χ1) is 13.3. The Morgan fingerprint density at radius 1 is 1.25 bits per heavy atom. The number of carbonyl (C=O) groups excluding carboxylic acids is 1. The summed E-state index contributed by atoms with van der Waals surface area (Å²) in [6.07, 6.45) is 2.31. The highest BCUT2D eigenvalue weighted by Crippen LogP contribution is 2.20. The largest absolute Gasteiger partial charge is 0.497 e. The molecule has 0 aliphatic heterocycles. The highest BCUT2D eigenvalue weighted by atomic mass is 16.5. The molecule has 1 aromatic heterocycles. The van der Waals surface area contributed by atoms with E-state index >= 15 is 0 Å². The van der Waals surface area contributed by atoms with Crippen LogP contribution in [0.25, 0.3) is 0 Å². The number of amides is 1. The number of hydrogen-bond acceptors (Lipinski definition) is 5. The summed E-state index contributed by atoms with van der Waals surface area (Å²) in [4.78, 5) is 19.0. The van der Waals surface area contributed by atoms with E-state index in [2.05, 4.69) is 42.0 Å². The third-order valence-corrected chi connectivity index (χ3v) is 5.17. The molecule has 0 aliphatic rings. The third kappa shape index (κ3) is 6.09. The topological polar surface area (TPSA) is 67.6 Å². The van der Waals surface area contributed by atoms with Crippen LogP contribution in [-0.2, 0) is 13.1 Å². The van der Waals surface area contributed by atoms with Gasteiger partial charge >= 0.3 is 0 Å². The van der Waals surface area contributed by atoms with Crippen LogP contribution in [0, 0.1) is 5.92 Å². The van der Waals surface area contributed by atoms with Gasteiger partial charge in [-0.1, -0.05) is 32.9 Å². The number of aromatic nitrogens is 1. The summed E-state index contributed by atoms with van der Waals surface area (Å²) < 4.78 is 10.9. The van der Waals surface area contributed by atoms with E-state index in [0.717, 1.165) is 24.3 Å². The predicted molar refractivity (Wildman–Crippen MR) is 110 cm³/mol. The van der Waals surface area contributed by atoms with Crippen LogP contribution in [0.1, 0.15) is 63.0 Å². The molecule has 6 nitrogen and oxygen atoms in total. The second kappa shape index (κ2) is 10.3. The average molecular weight is 388 g/mol. The van der Waals surface area contributed by atoms with E-state index in [1.54, 1.807) is 7.11 Å². The standard InChI is InChI=1S/C22H33N3O3/c1-7-16(4)23-22(26)20-14-28-21(24-20)13-25(17(5)15(2)3)12-18-9-8-10-19(11-18)27-6/h8-11,14-17H,7,12-13H2,1-6H3,(H,23,26)/t16-,17-/m0/s1. The van der Waals surface area contributed by atoms with Gasteiger partial charge in [0.05, 0.1) is 13.7 Å². The van der Waals surface area contributed by atoms with Crippen LogP contribution in [0.5, 0.6) is 5.75 Å². The predicted octanol–water partition coefficient (Wildman–Crippen LogP) is 4.26. The number of methoxy groups -OCH3 is 1. The number of nitrogens with zero attached hydrogens (tertiary/aromatic N) is 2. The van der Waals surface area contributed by atoms with Crippen molar-refractivity contribution in [2.24, 2.45) is 5.92 Å². The minimum absolute atomic E-state index is 0.109. The molecule has 0 radical (unpaired) electrons. The highest BCUT2D eigenvalue weighted by Gasteiger charge is 2.21. The minimum atomic E-state index is -0.194. The summed E-state index contributed by atoms with van der Waals surface area (Å²) in [5, 5.41) is 2.92. The monoisotopic (exact) mass is 387 g/mol. The lowest BCUT2D eigenvalue weighted by Gasteiger charge is -2.30. The lowest BCUT2D eigenvalue weighted by atomic mass is 10.0. The van der Waals surface area contributed by atoms with Crippen molar-refractivity contribution in [1.82, 2.24) is 15.2 Å². The molecule has 0 aliphatic carbocycles. The van der Waals surface area contributed by atoms with Gasteiger partial charge in [0.25, 0.3) is 5.91 Å². The normalized spacial score (nSPS) is 13.6. The van der Waals surface area contributed by atoms with Crippen molar-refractivity contribution < 1.29 is 13.9 Å². The molecule has 154 valence electrons. The lowest BCUT2D eigenvalue weighted by molar-refractivity contribution is 0.0934. The van der Waals surface area contributed by atoms with E-state index in [1.165, 1.54) is 6.26 Å². The average Bonchev–Trinajstić information content (AvgIpc) is 3.15. The fourth-order valence-corrected chi connectivity index (χ4v) is 2.83. The van der Waals surface area contributed by atoms with Gasteiger partial charge in [-0.05, 0) is 43.9 Å². The second-order valence-electron chi connectivity index (χ2n) is 7.65. The van der Waals surface area contributed by atoms with Crippen molar-refractivity contribution in [3.63, 3.8) is 0 Å². The van der Waals surface area contributed by atoms with Crippen molar-refractivity contribution >= 4 is 5.91 Å². The summed E-state index contributed by atoms with van der Waals surface area (Å²) in [6.45, 7) is 11.9. The molecular weight excluding hydrogens is 354 g/mol. The Morgan fingerprint density at radius 3 is 2.64 bits per heavy atom. The van der Waals surface area contributed by atoms with Crippen LogP contribution in [0.3, 0.4) is 0 Å². The molecule has 2 rings (SSSR count). The van der Waals surface area contributed by atoms with Gasteiger partial charge in [-0.15, -0.1) is 0 Å². The molecule has 2 aromatic rings. The number of rotatable bonds is 10. The van der Waals surface area contributed by atoms with Crippen LogP contribution in [-0.4, -0.2) is 35.0 Å². The summed E-state index contributed by atoms with van der Waals surface area (Å²) in [5.41, 5.74) is 1.49. The number of hydrogen-bond donors (Lipinski definition) is 1. The van der Waals surface area contributed by atoms with Crippen molar-refractivity contribution in [3.8, 4) is 5.75 Å². The Morgan fingerprint density at radius 2 is 2.00 bits per heavy atom. The van der Waals surface area contributed by atoms with Gasteiger partial charge in [0.15, 0.2) is 5.69 Å². The van der Waals surface area contributed by atoms with Crippen molar-refractivity contribution in [2.75, 3.05) is 7.11 Å². The maximum absolute atomic E-state index is 12.3. The number of oxazole rings is 1. The molecule has 0 fully saturated rings. The zero-order chi connectivity index (χ0) is 20.7. The van der Waals surface area contributed by atoms with E-state index in [-0.39, 0.29) is 11.9 Å². The molecule has 0 unspecified atom stereocenters. The molecule has 2 atom stereocenters. The Labute approximate surface area is 168 Å². The van der Waals surface area contributed by atoms with E-state index in [9.17, 15) is 4.79 Å². The van der Waals surface area contributed by atoms with Gasteiger partial charge in [-0.3, -0.25) is 9.69 Å². The fraction of sp³-hybridized carbons (Fsp3) is 0.545. The fourth-order valence-electron chi connectivity index (χ4n) is 2.83. The molecule has 0 bridgehead atoms. The molecular formula is C22H33N3O3. The molecule has 1 amide bonds. The van der Waals surface area contributed by atoms with Gasteiger partial charge in [-0.2, -0.15) is 0 Å². The Balaban J connectivity index is 2.13. The number of nitrogens with one attached hydrogen (secondary N) is 1. The minimum Gasteiger partial charge on any atom is -0.497 e. The summed E-state index contributed by atoms with van der Waals surface area (Å²) in [6, 6.07) is 8.49. The molecule has 6 heteroatoms. The molecule has 0 saturated carbocycles. The molecule has 1 heterocycles. The van der Waals surface area contributed by atoms with Crippen molar-refractivity contribution in [2.45, 2.75) is 66.2 Å². The molecule has 1 N–H and O–H groups in total. The van der Waals surface area contributed by atoms with Crippen molar-refractivity contribution in [3.05, 3.63) is 47.7 Å². The SMILES string of the molecule is CC[C@H](C)NC(=O)c1coc(CN(Cc2cccc(OC)c2)[C@@H](C)C(C)C)n1. The van der Waals surface area contributed by atoms with Crippen LogP contribution in [0.15, 0.2) is 34.9 Å². The van der Waals surface area contributed by atoms with Gasteiger partial charge in [0.1, 0.15) is 12.0 Å². The third-order valence-electron chi connectivity index (χ3n) is 5.17. The Kier molecular flexibility index (Phi) is 8.05. The zero-order valence-electron chi connectivity index (χ0n) is 17.9. The quantitative estimate of drug-likeness (QED) is 0.660. The van der Waals surface area contributed by atoms with Gasteiger partial charge < -0.3 is 14.5 Å². The number of benzene rings is 1. The van der Waals surface area contributed by atoms with E-state index in [4.69, 9.17) is 9.15 Å². The highest BCUT2D eigenvalue weighted by molar-refractivity contribution is 5.92. The Bertz CT molecular complexity index is 757. The van der Waals surface area contributed by atoms with Crippen LogP contribution in [0.2, 0.25) is 0 Å². The van der Waals surface area contributed by atoms with E-state index in [1.807, 2.05) is 32.0 Å². The first-order valence-electron chi connectivity index (χ1n) is 9.96. The van der Waals surface area contributed by atoms with Gasteiger partial charge in [-0.25, -0.2) is 4.98 Å². The maximum atomic E-state index is 12.3. The van der Waals surface area contributed by atoms with Gasteiger partial charge in [0, 0.05) is 18.6 Å². The van der Waals surface area contributed by atoms with E-state index < -0.39 is 0 Å². The smallest absolute Gasteiger partial charge is 0.273 e. The molecule has 1 aromatic carbocycles. The maximum Gasteiger partial charge on any atom is 0.273 e. The van der Waals surface area contributed by atoms with Gasteiger partial charge in [0.2, 0.25) is 5.89 Å². The summed E-state index contributed by atoms with van der Waals surface area (Å²) >= 11 is 0. The number of carbonyl (C=O) groups is 1.